The summed E-state index contributed by atoms with van der Waals surface area (Å²) in [5.41, 5.74) is 1.17. The second-order valence-corrected chi connectivity index (χ2v) is 14.5. The number of phenolic OH excluding ortho intramolecular Hbond substituents is 2. The number of hydrogen-bond donors (Lipinski definition) is 2. The zero-order valence-electron chi connectivity index (χ0n) is 29.8. The van der Waals surface area contributed by atoms with E-state index in [1.807, 2.05) is 0 Å². The van der Waals surface area contributed by atoms with Gasteiger partial charge in [-0.15, -0.1) is 10.2 Å². The van der Waals surface area contributed by atoms with Crippen LogP contribution in [0.4, 0.5) is 34.1 Å². The van der Waals surface area contributed by atoms with E-state index in [1.165, 1.54) is 48.5 Å². The van der Waals surface area contributed by atoms with Crippen LogP contribution >= 0.6 is 0 Å². The van der Waals surface area contributed by atoms with Gasteiger partial charge in [-0.25, -0.2) is 16.8 Å². The molecule has 0 fully saturated rings. The number of fused-ring (bicyclic) bond motifs is 2. The number of aromatic hydroxyl groups is 2. The second-order valence-electron chi connectivity index (χ2n) is 11.8. The van der Waals surface area contributed by atoms with Gasteiger partial charge in [0.25, 0.3) is 11.4 Å². The molecular weight excluding hydrogens is 910 g/mol. The molecule has 21 heteroatoms. The van der Waals surface area contributed by atoms with Crippen molar-refractivity contribution in [3.05, 3.63) is 128 Å². The first-order valence-corrected chi connectivity index (χ1v) is 19.0. The Morgan fingerprint density at radius 3 is 1.21 bits per heavy atom. The van der Waals surface area contributed by atoms with Gasteiger partial charge in [0.05, 0.1) is 31.0 Å². The van der Waals surface area contributed by atoms with Gasteiger partial charge in [-0.3, -0.25) is 20.2 Å². The minimum Gasteiger partial charge on any atom is -0.744 e. The number of benzene rings is 6. The number of azo groups is 2. The summed E-state index contributed by atoms with van der Waals surface area (Å²) in [5.74, 6) is -0.562. The average Bonchev–Trinajstić information content (AvgIpc) is 3.16. The predicted molar refractivity (Wildman–Crippen MR) is 206 cm³/mol. The first-order chi connectivity index (χ1) is 26.4. The molecule has 0 saturated carbocycles. The van der Waals surface area contributed by atoms with Crippen LogP contribution in [0.1, 0.15) is 25.0 Å². The third-order valence-corrected chi connectivity index (χ3v) is 9.95. The minimum absolute atomic E-state index is 0. The Hall–Kier alpha value is -5.17. The van der Waals surface area contributed by atoms with Crippen LogP contribution in [0.25, 0.3) is 21.5 Å². The van der Waals surface area contributed by atoms with Gasteiger partial charge >= 0.3 is 48.9 Å². The van der Waals surface area contributed by atoms with Gasteiger partial charge in [0, 0.05) is 34.0 Å². The maximum atomic E-state index is 11.3. The van der Waals surface area contributed by atoms with Crippen LogP contribution in [0.15, 0.2) is 127 Å². The van der Waals surface area contributed by atoms with E-state index in [-0.39, 0.29) is 105 Å². The standard InChI is InChI=1S/2C18H15N3O6S.Ba/c2*1-2-11-3-6-13(9-16(11)21(23)24)19-20-18-15-10-14(28(25,26)27)7-4-12(15)5-8-17(18)22;/h2*3-10,22H,2H2,1H3,(H,25,26,27);/q;;+2/p-2. The molecule has 288 valence electrons. The maximum Gasteiger partial charge on any atom is 2.00 e. The third-order valence-electron chi connectivity index (χ3n) is 8.29. The van der Waals surface area contributed by atoms with E-state index in [1.54, 1.807) is 38.1 Å². The number of nitro benzene ring substituents is 2. The fourth-order valence-corrected chi connectivity index (χ4v) is 6.44. The molecule has 0 amide bonds. The molecule has 18 nitrogen and oxygen atoms in total. The summed E-state index contributed by atoms with van der Waals surface area (Å²) in [4.78, 5) is 20.4. The molecule has 0 bridgehead atoms. The summed E-state index contributed by atoms with van der Waals surface area (Å²) in [6.45, 7) is 3.58. The molecule has 0 unspecified atom stereocenters. The molecule has 6 aromatic carbocycles. The van der Waals surface area contributed by atoms with Crippen molar-refractivity contribution < 1.29 is 46.0 Å². The Bertz CT molecular complexity index is 2640. The average molecular weight is 938 g/mol. The first kappa shape index (κ1) is 44.5. The molecule has 0 saturated heterocycles. The monoisotopic (exact) mass is 938 g/mol. The molecule has 0 heterocycles. The Labute approximate surface area is 364 Å². The van der Waals surface area contributed by atoms with Gasteiger partial charge in [0.15, 0.2) is 0 Å². The van der Waals surface area contributed by atoms with Crippen LogP contribution in [0.3, 0.4) is 0 Å². The summed E-state index contributed by atoms with van der Waals surface area (Å²) in [5, 5.41) is 59.8. The molecule has 2 N–H and O–H groups in total. The predicted octanol–water partition coefficient (Wildman–Crippen LogP) is 8.29. The minimum atomic E-state index is -4.69. The Balaban J connectivity index is 0.000000248. The van der Waals surface area contributed by atoms with Crippen molar-refractivity contribution in [2.24, 2.45) is 20.5 Å². The fourth-order valence-electron chi connectivity index (χ4n) is 5.45. The molecular formula is C36H28BaN6O12S2. The topological polar surface area (TPSA) is 291 Å². The molecule has 57 heavy (non-hydrogen) atoms. The third kappa shape index (κ3) is 10.6. The van der Waals surface area contributed by atoms with Crippen LogP contribution in [0.2, 0.25) is 0 Å². The number of nitrogens with zero attached hydrogens (tertiary/aromatic N) is 6. The molecule has 0 radical (unpaired) electrons. The van der Waals surface area contributed by atoms with Crippen LogP contribution in [0, 0.1) is 20.2 Å². The SMILES string of the molecule is CCc1ccc(N=Nc2c(O)ccc3ccc(S(=O)(=O)[O-])cc23)cc1[N+](=O)[O-].CCc1ccc(N=Nc2c(O)ccc3ccc(S(=O)(=O)[O-])cc23)cc1[N+](=O)[O-].[Ba+2]. The van der Waals surface area contributed by atoms with Crippen molar-refractivity contribution in [3.8, 4) is 11.5 Å². The van der Waals surface area contributed by atoms with E-state index in [0.29, 0.717) is 34.7 Å². The smallest absolute Gasteiger partial charge is 0.744 e. The van der Waals surface area contributed by atoms with Crippen LogP contribution in [-0.2, 0) is 33.1 Å². The second kappa shape index (κ2) is 18.4. The van der Waals surface area contributed by atoms with Crippen molar-refractivity contribution in [1.82, 2.24) is 0 Å². The quantitative estimate of drug-likeness (QED) is 0.0431. The van der Waals surface area contributed by atoms with Gasteiger partial charge in [-0.05, 0) is 84.3 Å². The summed E-state index contributed by atoms with van der Waals surface area (Å²) in [6, 6.07) is 21.9. The van der Waals surface area contributed by atoms with E-state index in [4.69, 9.17) is 0 Å². The van der Waals surface area contributed by atoms with Crippen molar-refractivity contribution in [1.29, 1.82) is 0 Å². The van der Waals surface area contributed by atoms with Crippen molar-refractivity contribution >= 4 is 125 Å². The van der Waals surface area contributed by atoms with Crippen LogP contribution in [-0.4, -0.2) is 94.9 Å². The molecule has 0 spiro atoms. The molecule has 0 atom stereocenters. The Morgan fingerprint density at radius 2 is 0.895 bits per heavy atom. The van der Waals surface area contributed by atoms with Crippen molar-refractivity contribution in [2.45, 2.75) is 36.5 Å². The van der Waals surface area contributed by atoms with Gasteiger partial charge < -0.3 is 19.3 Å². The van der Waals surface area contributed by atoms with Crippen LogP contribution < -0.4 is 0 Å². The van der Waals surface area contributed by atoms with Gasteiger partial charge in [-0.1, -0.05) is 38.1 Å². The largest absolute Gasteiger partial charge is 2.00 e. The fraction of sp³-hybridized carbons (Fsp3) is 0.111. The number of hydrogen-bond acceptors (Lipinski definition) is 16. The summed E-state index contributed by atoms with van der Waals surface area (Å²) < 4.78 is 67.7. The van der Waals surface area contributed by atoms with Gasteiger partial charge in [0.2, 0.25) is 0 Å². The Kier molecular flexibility index (Phi) is 14.4. The van der Waals surface area contributed by atoms with E-state index in [2.05, 4.69) is 20.5 Å². The molecule has 0 aliphatic heterocycles. The van der Waals surface area contributed by atoms with E-state index in [9.17, 15) is 56.4 Å². The molecule has 0 aliphatic rings. The zero-order chi connectivity index (χ0) is 40.9. The van der Waals surface area contributed by atoms with Crippen LogP contribution in [0.5, 0.6) is 11.5 Å². The molecule has 0 aromatic heterocycles. The molecule has 0 aliphatic carbocycles. The number of phenols is 2. The number of aryl methyl sites for hydroxylation is 2. The summed E-state index contributed by atoms with van der Waals surface area (Å²) in [7, 11) is -9.39. The van der Waals surface area contributed by atoms with E-state index < -0.39 is 39.9 Å². The van der Waals surface area contributed by atoms with Gasteiger partial charge in [0.1, 0.15) is 43.1 Å². The molecule has 6 rings (SSSR count). The number of rotatable bonds is 10. The van der Waals surface area contributed by atoms with Crippen molar-refractivity contribution in [3.63, 3.8) is 0 Å². The van der Waals surface area contributed by atoms with Crippen molar-refractivity contribution in [2.75, 3.05) is 0 Å². The number of nitro groups is 2. The first-order valence-electron chi connectivity index (χ1n) is 16.2. The summed E-state index contributed by atoms with van der Waals surface area (Å²) in [6.07, 6.45) is 0.953. The Morgan fingerprint density at radius 1 is 0.544 bits per heavy atom. The van der Waals surface area contributed by atoms with E-state index >= 15 is 0 Å². The maximum absolute atomic E-state index is 11.3. The van der Waals surface area contributed by atoms with Gasteiger partial charge in [-0.2, -0.15) is 10.2 Å². The summed E-state index contributed by atoms with van der Waals surface area (Å²) >= 11 is 0. The van der Waals surface area contributed by atoms with E-state index in [0.717, 1.165) is 24.3 Å². The normalized spacial score (nSPS) is 11.7. The molecule has 6 aromatic rings. The zero-order valence-corrected chi connectivity index (χ0v) is 35.9.